The van der Waals surface area contributed by atoms with Crippen molar-refractivity contribution in [1.82, 2.24) is 4.90 Å². The smallest absolute Gasteiger partial charge is 0.0118 e. The Bertz CT molecular complexity index is 82.6. The summed E-state index contributed by atoms with van der Waals surface area (Å²) in [6.45, 7) is 10.3. The first-order valence-electron chi connectivity index (χ1n) is 4.57. The molecule has 3 heteroatoms. The fourth-order valence-corrected chi connectivity index (χ4v) is 1.46. The lowest BCUT2D eigenvalue weighted by Crippen LogP contribution is -2.24. The van der Waals surface area contributed by atoms with E-state index < -0.39 is 0 Å². The van der Waals surface area contributed by atoms with Crippen molar-refractivity contribution < 1.29 is 0 Å². The number of hydrogen-bond donors (Lipinski definition) is 0. The van der Waals surface area contributed by atoms with Gasteiger partial charge < -0.3 is 4.90 Å². The average Bonchev–Trinajstić information content (AvgIpc) is 1.98. The Kier molecular flexibility index (Phi) is 12.8. The van der Waals surface area contributed by atoms with Crippen molar-refractivity contribution >= 4 is 32.9 Å². The number of rotatable bonds is 6. The molecule has 0 amide bonds. The van der Waals surface area contributed by atoms with Crippen LogP contribution in [0.3, 0.4) is 0 Å². The van der Waals surface area contributed by atoms with Gasteiger partial charge in [0.05, 0.1) is 0 Å². The third-order valence-corrected chi connectivity index (χ3v) is 2.43. The highest BCUT2D eigenvalue weighted by Gasteiger charge is 1.99. The summed E-state index contributed by atoms with van der Waals surface area (Å²) in [4.78, 5) is 3.15. The topological polar surface area (TPSA) is 3.24 Å². The molecule has 76 valence electrons. The Hall–Kier alpha value is 0.920. The van der Waals surface area contributed by atoms with Crippen molar-refractivity contribution in [2.24, 2.45) is 0 Å². The molecule has 1 unspecified atom stereocenters. The minimum absolute atomic E-state index is 0. The van der Waals surface area contributed by atoms with E-state index in [1.165, 1.54) is 32.5 Å². The number of alkyl halides is 1. The van der Waals surface area contributed by atoms with Crippen LogP contribution < -0.4 is 0 Å². The van der Waals surface area contributed by atoms with Crippen LogP contribution in [0.1, 0.15) is 33.6 Å². The van der Waals surface area contributed by atoms with E-state index in [-0.39, 0.29) is 17.0 Å². The molecule has 0 rings (SSSR count). The van der Waals surface area contributed by atoms with Gasteiger partial charge in [0.15, 0.2) is 0 Å². The Morgan fingerprint density at radius 1 is 1.25 bits per heavy atom. The molecule has 0 aromatic carbocycles. The zero-order valence-electron chi connectivity index (χ0n) is 8.35. The molecule has 12 heavy (non-hydrogen) atoms. The third-order valence-electron chi connectivity index (χ3n) is 1.97. The molecule has 0 aromatic rings. The van der Waals surface area contributed by atoms with Crippen LogP contribution >= 0.6 is 32.9 Å². The lowest BCUT2D eigenvalue weighted by Gasteiger charge is -2.17. The van der Waals surface area contributed by atoms with E-state index in [9.17, 15) is 0 Å². The molecule has 0 N–H and O–H groups in total. The highest BCUT2D eigenvalue weighted by atomic mass is 79.9. The normalized spacial score (nSPS) is 12.8. The molecule has 0 aliphatic rings. The van der Waals surface area contributed by atoms with Gasteiger partial charge in [-0.3, -0.25) is 0 Å². The quantitative estimate of drug-likeness (QED) is 0.679. The van der Waals surface area contributed by atoms with Gasteiger partial charge in [0.1, 0.15) is 0 Å². The van der Waals surface area contributed by atoms with Gasteiger partial charge in [-0.15, -0.1) is 17.0 Å². The third kappa shape index (κ3) is 9.01. The molecule has 0 saturated heterocycles. The maximum Gasteiger partial charge on any atom is 0.0118 e. The fraction of sp³-hybridized carbons (Fsp3) is 1.00. The summed E-state index contributed by atoms with van der Waals surface area (Å²) in [7, 11) is 0. The lowest BCUT2D eigenvalue weighted by atomic mass is 10.2. The van der Waals surface area contributed by atoms with Crippen LogP contribution in [0.15, 0.2) is 0 Å². The molecule has 0 bridgehead atoms. The monoisotopic (exact) mass is 301 g/mol. The Labute approximate surface area is 95.8 Å². The summed E-state index contributed by atoms with van der Waals surface area (Å²) in [6, 6.07) is 0. The molecule has 0 aliphatic heterocycles. The molecule has 1 nitrogen and oxygen atoms in total. The Morgan fingerprint density at radius 2 is 1.75 bits per heavy atom. The van der Waals surface area contributed by atoms with Gasteiger partial charge in [0, 0.05) is 4.83 Å². The predicted octanol–water partition coefficient (Wildman–Crippen LogP) is 3.47. The maximum atomic E-state index is 3.55. The summed E-state index contributed by atoms with van der Waals surface area (Å²) in [5.74, 6) is 0. The standard InChI is InChI=1S/C9H20BrN.BrH/c1-4-11(5-2)8-6-7-9(3)10;/h9H,4-8H2,1-3H3;1H. The molecule has 0 spiro atoms. The first-order valence-corrected chi connectivity index (χ1v) is 5.48. The van der Waals surface area contributed by atoms with E-state index in [1.54, 1.807) is 0 Å². The Morgan fingerprint density at radius 3 is 2.08 bits per heavy atom. The second-order valence-electron chi connectivity index (χ2n) is 2.95. The molecule has 0 saturated carbocycles. The maximum absolute atomic E-state index is 3.55. The van der Waals surface area contributed by atoms with Crippen LogP contribution in [0.25, 0.3) is 0 Å². The van der Waals surface area contributed by atoms with Gasteiger partial charge in [-0.2, -0.15) is 0 Å². The van der Waals surface area contributed by atoms with Crippen molar-refractivity contribution in [2.75, 3.05) is 19.6 Å². The summed E-state index contributed by atoms with van der Waals surface area (Å²) >= 11 is 3.55. The molecule has 0 aliphatic carbocycles. The SMILES string of the molecule is Br.CCN(CC)CCCC(C)Br. The van der Waals surface area contributed by atoms with Gasteiger partial charge in [0.2, 0.25) is 0 Å². The van der Waals surface area contributed by atoms with Crippen LogP contribution in [-0.2, 0) is 0 Å². The van der Waals surface area contributed by atoms with E-state index in [1.807, 2.05) is 0 Å². The minimum atomic E-state index is 0. The van der Waals surface area contributed by atoms with Gasteiger partial charge in [0.25, 0.3) is 0 Å². The molecule has 1 atom stereocenters. The molecule has 0 radical (unpaired) electrons. The summed E-state index contributed by atoms with van der Waals surface area (Å²) < 4.78 is 0. The van der Waals surface area contributed by atoms with E-state index in [0.717, 1.165) is 0 Å². The predicted molar refractivity (Wildman–Crippen MR) is 65.7 cm³/mol. The van der Waals surface area contributed by atoms with E-state index in [4.69, 9.17) is 0 Å². The van der Waals surface area contributed by atoms with E-state index in [2.05, 4.69) is 41.6 Å². The van der Waals surface area contributed by atoms with Crippen molar-refractivity contribution in [1.29, 1.82) is 0 Å². The summed E-state index contributed by atoms with van der Waals surface area (Å²) in [5.41, 5.74) is 0. The van der Waals surface area contributed by atoms with Crippen molar-refractivity contribution in [2.45, 2.75) is 38.4 Å². The van der Waals surface area contributed by atoms with Gasteiger partial charge in [-0.1, -0.05) is 36.7 Å². The number of halogens is 2. The van der Waals surface area contributed by atoms with Crippen LogP contribution in [-0.4, -0.2) is 29.4 Å². The zero-order valence-corrected chi connectivity index (χ0v) is 11.6. The average molecular weight is 303 g/mol. The first kappa shape index (κ1) is 15.4. The van der Waals surface area contributed by atoms with Crippen LogP contribution in [0.2, 0.25) is 0 Å². The van der Waals surface area contributed by atoms with Gasteiger partial charge in [-0.25, -0.2) is 0 Å². The first-order chi connectivity index (χ1) is 5.20. The van der Waals surface area contributed by atoms with Gasteiger partial charge >= 0.3 is 0 Å². The summed E-state index contributed by atoms with van der Waals surface area (Å²) in [5, 5.41) is 0. The van der Waals surface area contributed by atoms with E-state index in [0.29, 0.717) is 4.83 Å². The molecular formula is C9H21Br2N. The largest absolute Gasteiger partial charge is 0.304 e. The van der Waals surface area contributed by atoms with Crippen molar-refractivity contribution in [3.05, 3.63) is 0 Å². The molecule has 0 heterocycles. The molecule has 0 aromatic heterocycles. The number of hydrogen-bond acceptors (Lipinski definition) is 1. The van der Waals surface area contributed by atoms with Crippen molar-refractivity contribution in [3.63, 3.8) is 0 Å². The summed E-state index contributed by atoms with van der Waals surface area (Å²) in [6.07, 6.45) is 2.60. The fourth-order valence-electron chi connectivity index (χ4n) is 1.14. The second kappa shape index (κ2) is 10.0. The molecular weight excluding hydrogens is 282 g/mol. The lowest BCUT2D eigenvalue weighted by molar-refractivity contribution is 0.297. The highest BCUT2D eigenvalue weighted by Crippen LogP contribution is 2.06. The van der Waals surface area contributed by atoms with Gasteiger partial charge in [-0.05, 0) is 32.5 Å². The van der Waals surface area contributed by atoms with Crippen LogP contribution in [0.5, 0.6) is 0 Å². The van der Waals surface area contributed by atoms with E-state index >= 15 is 0 Å². The van der Waals surface area contributed by atoms with Crippen molar-refractivity contribution in [3.8, 4) is 0 Å². The van der Waals surface area contributed by atoms with Crippen LogP contribution in [0.4, 0.5) is 0 Å². The minimum Gasteiger partial charge on any atom is -0.304 e. The van der Waals surface area contributed by atoms with Crippen LogP contribution in [0, 0.1) is 0 Å². The highest BCUT2D eigenvalue weighted by molar-refractivity contribution is 9.09. The number of nitrogens with zero attached hydrogens (tertiary/aromatic N) is 1. The zero-order chi connectivity index (χ0) is 8.69. The second-order valence-corrected chi connectivity index (χ2v) is 4.51. The molecule has 0 fully saturated rings. The Balaban J connectivity index is 0.